The van der Waals surface area contributed by atoms with Crippen molar-refractivity contribution in [2.45, 2.75) is 13.0 Å². The molecule has 0 heterocycles. The number of benzene rings is 2. The third-order valence-electron chi connectivity index (χ3n) is 3.54. The van der Waals surface area contributed by atoms with Gasteiger partial charge in [0.25, 0.3) is 0 Å². The lowest BCUT2D eigenvalue weighted by Crippen LogP contribution is -2.39. The summed E-state index contributed by atoms with van der Waals surface area (Å²) in [7, 11) is 0. The molecule has 0 fully saturated rings. The van der Waals surface area contributed by atoms with Gasteiger partial charge in [0.1, 0.15) is 5.75 Å². The van der Waals surface area contributed by atoms with Crippen molar-refractivity contribution in [1.29, 1.82) is 0 Å². The summed E-state index contributed by atoms with van der Waals surface area (Å²) in [6.45, 7) is 1.25. The minimum Gasteiger partial charge on any atom is -0.480 e. The lowest BCUT2D eigenvalue weighted by atomic mass is 10.1. The minimum atomic E-state index is -1.12. The molecule has 0 unspecified atom stereocenters. The number of rotatable bonds is 7. The molecule has 2 amide bonds. The van der Waals surface area contributed by atoms with Crippen LogP contribution in [0, 0.1) is 0 Å². The summed E-state index contributed by atoms with van der Waals surface area (Å²) in [5, 5.41) is 15.1. The number of carbonyl (C=O) groups is 3. The highest BCUT2D eigenvalue weighted by atomic mass is 35.5. The summed E-state index contributed by atoms with van der Waals surface area (Å²) in [6.07, 6.45) is 1.29. The van der Waals surface area contributed by atoms with Crippen molar-refractivity contribution in [3.05, 3.63) is 64.7 Å². The standard InChI is InChI=1S/C19H18ClN3O5/c1-12(14-5-3-2-4-6-14)22-18(26)19(27)23-21-10-13-7-8-16(15(20)9-13)28-11-17(24)25/h2-10,12H,11H2,1H3,(H,22,26)(H,23,27)(H,24,25)/b21-10-/t12-/m0/s1. The van der Waals surface area contributed by atoms with E-state index < -0.39 is 24.4 Å². The molecule has 146 valence electrons. The summed E-state index contributed by atoms with van der Waals surface area (Å²) in [4.78, 5) is 34.2. The van der Waals surface area contributed by atoms with E-state index in [1.165, 1.54) is 18.3 Å². The molecule has 28 heavy (non-hydrogen) atoms. The van der Waals surface area contributed by atoms with Crippen LogP contribution in [0.2, 0.25) is 5.02 Å². The maximum absolute atomic E-state index is 11.9. The van der Waals surface area contributed by atoms with Gasteiger partial charge in [-0.3, -0.25) is 9.59 Å². The Hall–Kier alpha value is -3.39. The Kier molecular flexibility index (Phi) is 7.53. The lowest BCUT2D eigenvalue weighted by molar-refractivity contribution is -0.139. The fraction of sp³-hybridized carbons (Fsp3) is 0.158. The van der Waals surface area contributed by atoms with Crippen LogP contribution in [0.25, 0.3) is 0 Å². The molecule has 1 atom stereocenters. The molecule has 0 bridgehead atoms. The molecule has 0 aromatic heterocycles. The smallest absolute Gasteiger partial charge is 0.341 e. The van der Waals surface area contributed by atoms with Gasteiger partial charge in [0, 0.05) is 0 Å². The van der Waals surface area contributed by atoms with Gasteiger partial charge in [0.15, 0.2) is 6.61 Å². The Labute approximate surface area is 166 Å². The molecule has 2 rings (SSSR count). The SMILES string of the molecule is C[C@H](NC(=O)C(=O)N/N=C\c1ccc(OCC(=O)O)c(Cl)c1)c1ccccc1. The first kappa shape index (κ1) is 20.9. The second-order valence-corrected chi connectivity index (χ2v) is 6.08. The molecular weight excluding hydrogens is 386 g/mol. The van der Waals surface area contributed by atoms with Gasteiger partial charge in [-0.05, 0) is 36.2 Å². The fourth-order valence-electron chi connectivity index (χ4n) is 2.16. The molecular formula is C19H18ClN3O5. The number of hydrazone groups is 1. The third kappa shape index (κ3) is 6.40. The number of ether oxygens (including phenoxy) is 1. The van der Waals surface area contributed by atoms with Crippen molar-refractivity contribution < 1.29 is 24.2 Å². The van der Waals surface area contributed by atoms with E-state index in [-0.39, 0.29) is 16.8 Å². The molecule has 0 aliphatic heterocycles. The maximum Gasteiger partial charge on any atom is 0.341 e. The van der Waals surface area contributed by atoms with Gasteiger partial charge in [-0.2, -0.15) is 5.10 Å². The van der Waals surface area contributed by atoms with Crippen molar-refractivity contribution in [2.24, 2.45) is 5.10 Å². The van der Waals surface area contributed by atoms with Crippen LogP contribution in [0.4, 0.5) is 0 Å². The van der Waals surface area contributed by atoms with Gasteiger partial charge in [0.05, 0.1) is 17.3 Å². The van der Waals surface area contributed by atoms with E-state index in [2.05, 4.69) is 15.8 Å². The average Bonchev–Trinajstić information content (AvgIpc) is 2.67. The topological polar surface area (TPSA) is 117 Å². The molecule has 9 heteroatoms. The molecule has 3 N–H and O–H groups in total. The van der Waals surface area contributed by atoms with Crippen molar-refractivity contribution >= 4 is 35.6 Å². The molecule has 0 spiro atoms. The first-order valence-electron chi connectivity index (χ1n) is 8.20. The number of carbonyl (C=O) groups excluding carboxylic acids is 2. The highest BCUT2D eigenvalue weighted by Crippen LogP contribution is 2.24. The number of carboxylic acids is 1. The van der Waals surface area contributed by atoms with Gasteiger partial charge in [-0.15, -0.1) is 0 Å². The number of amides is 2. The van der Waals surface area contributed by atoms with E-state index in [0.29, 0.717) is 5.56 Å². The van der Waals surface area contributed by atoms with Gasteiger partial charge in [-0.25, -0.2) is 10.2 Å². The Morgan fingerprint density at radius 2 is 1.89 bits per heavy atom. The largest absolute Gasteiger partial charge is 0.480 e. The second-order valence-electron chi connectivity index (χ2n) is 5.68. The van der Waals surface area contributed by atoms with Gasteiger partial charge in [0.2, 0.25) is 0 Å². The number of halogens is 1. The third-order valence-corrected chi connectivity index (χ3v) is 3.84. The van der Waals surface area contributed by atoms with Crippen LogP contribution < -0.4 is 15.5 Å². The first-order valence-corrected chi connectivity index (χ1v) is 8.57. The zero-order valence-electron chi connectivity index (χ0n) is 14.9. The Balaban J connectivity index is 1.87. The van der Waals surface area contributed by atoms with Gasteiger partial charge in [-0.1, -0.05) is 41.9 Å². The number of hydrogen-bond acceptors (Lipinski definition) is 5. The predicted octanol–water partition coefficient (Wildman–Crippen LogP) is 2.13. The summed E-state index contributed by atoms with van der Waals surface area (Å²) in [5.41, 5.74) is 3.52. The summed E-state index contributed by atoms with van der Waals surface area (Å²) < 4.78 is 5.00. The zero-order chi connectivity index (χ0) is 20.5. The Bertz CT molecular complexity index is 886. The highest BCUT2D eigenvalue weighted by molar-refractivity contribution is 6.35. The lowest BCUT2D eigenvalue weighted by Gasteiger charge is -2.13. The molecule has 2 aromatic rings. The van der Waals surface area contributed by atoms with E-state index in [0.717, 1.165) is 5.56 Å². The summed E-state index contributed by atoms with van der Waals surface area (Å²) in [6, 6.07) is 13.4. The average molecular weight is 404 g/mol. The number of nitrogens with zero attached hydrogens (tertiary/aromatic N) is 1. The second kappa shape index (κ2) is 10.1. The fourth-order valence-corrected chi connectivity index (χ4v) is 2.40. The van der Waals surface area contributed by atoms with Crippen LogP contribution in [0.5, 0.6) is 5.75 Å². The number of aliphatic carboxylic acids is 1. The van der Waals surface area contributed by atoms with Crippen molar-refractivity contribution in [3.63, 3.8) is 0 Å². The Morgan fingerprint density at radius 3 is 2.54 bits per heavy atom. The van der Waals surface area contributed by atoms with Crippen LogP contribution in [-0.4, -0.2) is 35.7 Å². The Morgan fingerprint density at radius 1 is 1.18 bits per heavy atom. The first-order chi connectivity index (χ1) is 13.4. The van der Waals surface area contributed by atoms with Crippen molar-refractivity contribution in [1.82, 2.24) is 10.7 Å². The van der Waals surface area contributed by atoms with E-state index >= 15 is 0 Å². The van der Waals surface area contributed by atoms with Crippen LogP contribution in [-0.2, 0) is 14.4 Å². The monoisotopic (exact) mass is 403 g/mol. The van der Waals surface area contributed by atoms with Gasteiger partial charge < -0.3 is 15.2 Å². The number of nitrogens with one attached hydrogen (secondary N) is 2. The molecule has 0 aliphatic carbocycles. The van der Waals surface area contributed by atoms with Crippen LogP contribution in [0.15, 0.2) is 53.6 Å². The zero-order valence-corrected chi connectivity index (χ0v) is 15.6. The summed E-state index contributed by atoms with van der Waals surface area (Å²) >= 11 is 5.99. The quantitative estimate of drug-likeness (QED) is 0.372. The van der Waals surface area contributed by atoms with E-state index in [9.17, 15) is 14.4 Å². The van der Waals surface area contributed by atoms with Crippen molar-refractivity contribution in [2.75, 3.05) is 6.61 Å². The minimum absolute atomic E-state index is 0.186. The molecule has 0 saturated heterocycles. The maximum atomic E-state index is 11.9. The normalized spacial score (nSPS) is 11.6. The molecule has 8 nitrogen and oxygen atoms in total. The predicted molar refractivity (Wildman–Crippen MR) is 103 cm³/mol. The van der Waals surface area contributed by atoms with E-state index in [1.807, 2.05) is 30.3 Å². The van der Waals surface area contributed by atoms with Crippen LogP contribution in [0.3, 0.4) is 0 Å². The molecule has 0 aliphatic rings. The number of hydrogen-bond donors (Lipinski definition) is 3. The summed E-state index contributed by atoms with van der Waals surface area (Å²) in [5.74, 6) is -2.64. The van der Waals surface area contributed by atoms with Crippen LogP contribution >= 0.6 is 11.6 Å². The van der Waals surface area contributed by atoms with E-state index in [4.69, 9.17) is 21.4 Å². The highest BCUT2D eigenvalue weighted by Gasteiger charge is 2.16. The molecule has 0 radical (unpaired) electrons. The van der Waals surface area contributed by atoms with E-state index in [1.54, 1.807) is 13.0 Å². The van der Waals surface area contributed by atoms with Crippen LogP contribution in [0.1, 0.15) is 24.1 Å². The van der Waals surface area contributed by atoms with Crippen molar-refractivity contribution in [3.8, 4) is 5.75 Å². The molecule has 2 aromatic carbocycles. The molecule has 0 saturated carbocycles. The van der Waals surface area contributed by atoms with Gasteiger partial charge >= 0.3 is 17.8 Å². The number of carboxylic acid groups (broad SMARTS) is 1.